The van der Waals surface area contributed by atoms with Gasteiger partial charge in [-0.05, 0) is 26.7 Å². The lowest BCUT2D eigenvalue weighted by Gasteiger charge is -2.39. The summed E-state index contributed by atoms with van der Waals surface area (Å²) in [5, 5.41) is 0. The molecule has 0 spiro atoms. The van der Waals surface area contributed by atoms with E-state index in [4.69, 9.17) is 22.7 Å². The Morgan fingerprint density at radius 3 is 2.19 bits per heavy atom. The van der Waals surface area contributed by atoms with E-state index >= 15 is 0 Å². The van der Waals surface area contributed by atoms with Gasteiger partial charge >= 0.3 is 0 Å². The zero-order valence-corrected chi connectivity index (χ0v) is 14.2. The van der Waals surface area contributed by atoms with E-state index in [0.29, 0.717) is 4.99 Å². The summed E-state index contributed by atoms with van der Waals surface area (Å²) >= 11 is 5.05. The minimum absolute atomic E-state index is 0.0103. The molecule has 5 unspecified atom stereocenters. The third-order valence-electron chi connectivity index (χ3n) is 5.11. The number of hydrogen-bond donors (Lipinski definition) is 1. The van der Waals surface area contributed by atoms with Crippen molar-refractivity contribution in [1.29, 1.82) is 0 Å². The zero-order valence-electron chi connectivity index (χ0n) is 13.4. The van der Waals surface area contributed by atoms with E-state index in [2.05, 4.69) is 18.7 Å². The standard InChI is InChI=1S/C15H27N3O2S/c1-9-11(3)20-12(4)13(9)15(19)18-7-5-17(6-8-18)10(2)14(16)21/h9-13H,5-8H2,1-4H3,(H2,16,21). The first-order valence-corrected chi connectivity index (χ1v) is 8.21. The molecule has 5 atom stereocenters. The Labute approximate surface area is 132 Å². The van der Waals surface area contributed by atoms with Crippen LogP contribution in [0.2, 0.25) is 0 Å². The van der Waals surface area contributed by atoms with Crippen molar-refractivity contribution in [3.05, 3.63) is 0 Å². The van der Waals surface area contributed by atoms with Gasteiger partial charge in [0.25, 0.3) is 0 Å². The van der Waals surface area contributed by atoms with E-state index < -0.39 is 0 Å². The summed E-state index contributed by atoms with van der Waals surface area (Å²) in [6, 6.07) is 0.102. The second kappa shape index (κ2) is 6.58. The van der Waals surface area contributed by atoms with Crippen LogP contribution >= 0.6 is 12.2 Å². The Morgan fingerprint density at radius 1 is 1.19 bits per heavy atom. The van der Waals surface area contributed by atoms with Crippen LogP contribution in [0.1, 0.15) is 27.7 Å². The summed E-state index contributed by atoms with van der Waals surface area (Å²) in [5.74, 6) is 0.502. The monoisotopic (exact) mass is 313 g/mol. The van der Waals surface area contributed by atoms with Gasteiger partial charge in [0.1, 0.15) is 0 Å². The molecular formula is C15H27N3O2S. The molecule has 6 heteroatoms. The van der Waals surface area contributed by atoms with Crippen molar-refractivity contribution in [3.63, 3.8) is 0 Å². The maximum absolute atomic E-state index is 12.8. The molecule has 0 bridgehead atoms. The van der Waals surface area contributed by atoms with Crippen LogP contribution in [0.25, 0.3) is 0 Å². The molecule has 21 heavy (non-hydrogen) atoms. The van der Waals surface area contributed by atoms with Crippen molar-refractivity contribution in [2.45, 2.75) is 45.9 Å². The van der Waals surface area contributed by atoms with Gasteiger partial charge in [-0.25, -0.2) is 0 Å². The molecule has 2 saturated heterocycles. The smallest absolute Gasteiger partial charge is 0.228 e. The van der Waals surface area contributed by atoms with Crippen LogP contribution < -0.4 is 5.73 Å². The molecule has 0 radical (unpaired) electrons. The van der Waals surface area contributed by atoms with E-state index in [-0.39, 0.29) is 36.0 Å². The number of amides is 1. The molecule has 0 saturated carbocycles. The first-order valence-electron chi connectivity index (χ1n) is 7.80. The minimum atomic E-state index is -0.0143. The summed E-state index contributed by atoms with van der Waals surface area (Å²) in [6.07, 6.45) is 0.168. The number of thiocarbonyl (C=S) groups is 1. The Kier molecular flexibility index (Phi) is 5.22. The SMILES string of the molecule is CC1OC(C)C(C(=O)N2CCN(C(C)C(N)=S)CC2)C1C. The minimum Gasteiger partial charge on any atom is -0.392 e. The second-order valence-electron chi connectivity index (χ2n) is 6.37. The highest BCUT2D eigenvalue weighted by Gasteiger charge is 2.43. The first-order chi connectivity index (χ1) is 9.82. The fourth-order valence-corrected chi connectivity index (χ4v) is 3.56. The van der Waals surface area contributed by atoms with E-state index in [1.165, 1.54) is 0 Å². The molecule has 0 aromatic carbocycles. The normalized spacial score (nSPS) is 35.7. The number of ether oxygens (including phenoxy) is 1. The van der Waals surface area contributed by atoms with Gasteiger partial charge in [-0.1, -0.05) is 19.1 Å². The lowest BCUT2D eigenvalue weighted by molar-refractivity contribution is -0.139. The first kappa shape index (κ1) is 16.6. The molecule has 120 valence electrons. The van der Waals surface area contributed by atoms with Crippen LogP contribution in [0.4, 0.5) is 0 Å². The Balaban J connectivity index is 1.93. The van der Waals surface area contributed by atoms with Crippen LogP contribution in [0, 0.1) is 11.8 Å². The van der Waals surface area contributed by atoms with Crippen molar-refractivity contribution in [3.8, 4) is 0 Å². The number of hydrogen-bond acceptors (Lipinski definition) is 4. The van der Waals surface area contributed by atoms with Crippen LogP contribution in [0.5, 0.6) is 0 Å². The van der Waals surface area contributed by atoms with Crippen molar-refractivity contribution >= 4 is 23.1 Å². The van der Waals surface area contributed by atoms with Gasteiger partial charge in [-0.3, -0.25) is 9.69 Å². The largest absolute Gasteiger partial charge is 0.392 e. The lowest BCUT2D eigenvalue weighted by Crippen LogP contribution is -2.55. The third kappa shape index (κ3) is 3.38. The fourth-order valence-electron chi connectivity index (χ4n) is 3.41. The van der Waals surface area contributed by atoms with Gasteiger partial charge in [-0.15, -0.1) is 0 Å². The molecule has 2 rings (SSSR count). The van der Waals surface area contributed by atoms with E-state index in [9.17, 15) is 4.79 Å². The molecule has 0 aromatic heterocycles. The Morgan fingerprint density at radius 2 is 1.76 bits per heavy atom. The van der Waals surface area contributed by atoms with Crippen LogP contribution in [0.3, 0.4) is 0 Å². The molecule has 2 aliphatic rings. The Hall–Kier alpha value is -0.720. The number of piperazine rings is 1. The summed E-state index contributed by atoms with van der Waals surface area (Å²) in [7, 11) is 0. The predicted molar refractivity (Wildman–Crippen MR) is 87.1 cm³/mol. The van der Waals surface area contributed by atoms with Gasteiger partial charge in [0.2, 0.25) is 5.91 Å². The van der Waals surface area contributed by atoms with Crippen molar-refractivity contribution in [1.82, 2.24) is 9.80 Å². The van der Waals surface area contributed by atoms with Gasteiger partial charge in [-0.2, -0.15) is 0 Å². The number of carbonyl (C=O) groups excluding carboxylic acids is 1. The molecule has 0 aliphatic carbocycles. The maximum atomic E-state index is 12.8. The summed E-state index contributed by atoms with van der Waals surface area (Å²) in [6.45, 7) is 11.3. The van der Waals surface area contributed by atoms with Crippen LogP contribution in [-0.4, -0.2) is 65.1 Å². The lowest BCUT2D eigenvalue weighted by atomic mass is 9.88. The summed E-state index contributed by atoms with van der Waals surface area (Å²) in [4.78, 5) is 17.5. The van der Waals surface area contributed by atoms with E-state index in [1.807, 2.05) is 18.7 Å². The van der Waals surface area contributed by atoms with Crippen molar-refractivity contribution in [2.75, 3.05) is 26.2 Å². The van der Waals surface area contributed by atoms with E-state index in [0.717, 1.165) is 26.2 Å². The van der Waals surface area contributed by atoms with Gasteiger partial charge < -0.3 is 15.4 Å². The predicted octanol–water partition coefficient (Wildman–Crippen LogP) is 0.865. The fraction of sp³-hybridized carbons (Fsp3) is 0.867. The maximum Gasteiger partial charge on any atom is 0.228 e. The molecule has 2 heterocycles. The Bertz CT molecular complexity index is 410. The molecule has 2 aliphatic heterocycles. The molecule has 1 amide bonds. The number of rotatable bonds is 3. The highest BCUT2D eigenvalue weighted by Crippen LogP contribution is 2.33. The topological polar surface area (TPSA) is 58.8 Å². The molecule has 2 N–H and O–H groups in total. The van der Waals surface area contributed by atoms with Crippen molar-refractivity contribution < 1.29 is 9.53 Å². The van der Waals surface area contributed by atoms with Crippen LogP contribution in [0.15, 0.2) is 0 Å². The zero-order chi connectivity index (χ0) is 15.7. The third-order valence-corrected chi connectivity index (χ3v) is 5.45. The number of nitrogens with two attached hydrogens (primary N) is 1. The summed E-state index contributed by atoms with van der Waals surface area (Å²) < 4.78 is 5.80. The highest BCUT2D eigenvalue weighted by atomic mass is 32.1. The van der Waals surface area contributed by atoms with Gasteiger partial charge in [0.15, 0.2) is 0 Å². The second-order valence-corrected chi connectivity index (χ2v) is 6.84. The van der Waals surface area contributed by atoms with Crippen LogP contribution in [-0.2, 0) is 9.53 Å². The average Bonchev–Trinajstić information content (AvgIpc) is 2.70. The van der Waals surface area contributed by atoms with Gasteiger partial charge in [0.05, 0.1) is 29.2 Å². The van der Waals surface area contributed by atoms with Gasteiger partial charge in [0, 0.05) is 26.2 Å². The average molecular weight is 313 g/mol. The van der Waals surface area contributed by atoms with E-state index in [1.54, 1.807) is 0 Å². The molecule has 0 aromatic rings. The molecule has 5 nitrogen and oxygen atoms in total. The van der Waals surface area contributed by atoms with Crippen molar-refractivity contribution in [2.24, 2.45) is 17.6 Å². The quantitative estimate of drug-likeness (QED) is 0.783. The number of carbonyl (C=O) groups is 1. The summed E-state index contributed by atoms with van der Waals surface area (Å²) in [5.41, 5.74) is 5.71. The number of nitrogens with zero attached hydrogens (tertiary/aromatic N) is 2. The highest BCUT2D eigenvalue weighted by molar-refractivity contribution is 7.80. The molecule has 2 fully saturated rings. The molecular weight excluding hydrogens is 286 g/mol.